The summed E-state index contributed by atoms with van der Waals surface area (Å²) in [4.78, 5) is 23.1. The summed E-state index contributed by atoms with van der Waals surface area (Å²) >= 11 is 3.08. The van der Waals surface area contributed by atoms with Gasteiger partial charge in [-0.1, -0.05) is 6.07 Å². The fourth-order valence-corrected chi connectivity index (χ4v) is 2.22. The van der Waals surface area contributed by atoms with E-state index in [2.05, 4.69) is 21.2 Å². The second-order valence-electron chi connectivity index (χ2n) is 4.11. The molecule has 0 bridgehead atoms. The fraction of sp³-hybridized carbons (Fsp3) is 0. The van der Waals surface area contributed by atoms with Crippen molar-refractivity contribution in [1.29, 1.82) is 0 Å². The van der Waals surface area contributed by atoms with E-state index in [1.165, 1.54) is 18.2 Å². The lowest BCUT2D eigenvalue weighted by molar-refractivity contribution is 0.0992. The summed E-state index contributed by atoms with van der Waals surface area (Å²) < 4.78 is 27.3. The van der Waals surface area contributed by atoms with Crippen molar-refractivity contribution in [1.82, 2.24) is 0 Å². The van der Waals surface area contributed by atoms with Crippen molar-refractivity contribution in [2.75, 3.05) is 5.32 Å². The van der Waals surface area contributed by atoms with Crippen molar-refractivity contribution in [3.8, 4) is 0 Å². The van der Waals surface area contributed by atoms with Gasteiger partial charge >= 0.3 is 0 Å². The van der Waals surface area contributed by atoms with Crippen LogP contribution in [-0.4, -0.2) is 11.8 Å². The second kappa shape index (κ2) is 6.01. The number of amides is 2. The summed E-state index contributed by atoms with van der Waals surface area (Å²) in [6.07, 6.45) is 0. The minimum Gasteiger partial charge on any atom is -0.366 e. The number of nitrogens with two attached hydrogens (primary N) is 1. The van der Waals surface area contributed by atoms with E-state index >= 15 is 0 Å². The highest BCUT2D eigenvalue weighted by atomic mass is 79.9. The van der Waals surface area contributed by atoms with Crippen LogP contribution in [0.5, 0.6) is 0 Å². The number of rotatable bonds is 3. The van der Waals surface area contributed by atoms with Gasteiger partial charge in [-0.3, -0.25) is 9.59 Å². The maximum atomic E-state index is 13.7. The Labute approximate surface area is 127 Å². The zero-order valence-electron chi connectivity index (χ0n) is 10.5. The number of hydrogen-bond donors (Lipinski definition) is 2. The lowest BCUT2D eigenvalue weighted by Crippen LogP contribution is -2.17. The number of primary amides is 1. The summed E-state index contributed by atoms with van der Waals surface area (Å²) in [6.45, 7) is 0. The minimum atomic E-state index is -0.962. The topological polar surface area (TPSA) is 72.2 Å². The molecular formula is C14H9BrF2N2O2. The van der Waals surface area contributed by atoms with Crippen molar-refractivity contribution in [2.45, 2.75) is 0 Å². The van der Waals surface area contributed by atoms with Crippen LogP contribution in [0.2, 0.25) is 0 Å². The number of carbonyl (C=O) groups is 2. The molecule has 4 nitrogen and oxygen atoms in total. The number of benzene rings is 2. The van der Waals surface area contributed by atoms with Gasteiger partial charge in [0.1, 0.15) is 11.6 Å². The van der Waals surface area contributed by atoms with E-state index in [1.54, 1.807) is 0 Å². The van der Waals surface area contributed by atoms with E-state index < -0.39 is 23.4 Å². The molecule has 0 aliphatic heterocycles. The van der Waals surface area contributed by atoms with Gasteiger partial charge in [0.05, 0.1) is 11.1 Å². The minimum absolute atomic E-state index is 0.130. The zero-order chi connectivity index (χ0) is 15.6. The molecule has 0 atom stereocenters. The maximum Gasteiger partial charge on any atom is 0.259 e. The largest absolute Gasteiger partial charge is 0.366 e. The van der Waals surface area contributed by atoms with E-state index in [1.807, 2.05) is 0 Å². The highest BCUT2D eigenvalue weighted by molar-refractivity contribution is 9.10. The third-order valence-corrected chi connectivity index (χ3v) is 3.34. The first kappa shape index (κ1) is 15.1. The molecule has 0 aromatic heterocycles. The van der Waals surface area contributed by atoms with Crippen LogP contribution in [0.1, 0.15) is 20.7 Å². The first-order valence-corrected chi connectivity index (χ1v) is 6.54. The Morgan fingerprint density at radius 3 is 2.43 bits per heavy atom. The summed E-state index contributed by atoms with van der Waals surface area (Å²) in [5, 5.41) is 2.38. The summed E-state index contributed by atoms with van der Waals surface area (Å²) in [7, 11) is 0. The van der Waals surface area contributed by atoms with Crippen LogP contribution in [0.25, 0.3) is 0 Å². The average Bonchev–Trinajstić information content (AvgIpc) is 2.40. The van der Waals surface area contributed by atoms with E-state index in [4.69, 9.17) is 5.73 Å². The standard InChI is InChI=1S/C14H9BrF2N2O2/c15-9-2-1-3-11(17)12(9)14(21)19-7-4-5-10(16)8(6-7)13(18)20/h1-6H,(H2,18,20)(H,19,21). The highest BCUT2D eigenvalue weighted by Crippen LogP contribution is 2.22. The maximum absolute atomic E-state index is 13.7. The normalized spacial score (nSPS) is 10.2. The molecule has 108 valence electrons. The zero-order valence-corrected chi connectivity index (χ0v) is 12.1. The lowest BCUT2D eigenvalue weighted by atomic mass is 10.1. The van der Waals surface area contributed by atoms with E-state index in [9.17, 15) is 18.4 Å². The summed E-state index contributed by atoms with van der Waals surface area (Å²) in [6, 6.07) is 7.42. The quantitative estimate of drug-likeness (QED) is 0.888. The first-order chi connectivity index (χ1) is 9.90. The molecule has 0 fully saturated rings. The molecule has 21 heavy (non-hydrogen) atoms. The van der Waals surface area contributed by atoms with Crippen LogP contribution in [0, 0.1) is 11.6 Å². The lowest BCUT2D eigenvalue weighted by Gasteiger charge is -2.09. The van der Waals surface area contributed by atoms with E-state index in [-0.39, 0.29) is 21.3 Å². The number of anilines is 1. The number of hydrogen-bond acceptors (Lipinski definition) is 2. The molecule has 2 rings (SSSR count). The van der Waals surface area contributed by atoms with Gasteiger partial charge in [0.15, 0.2) is 0 Å². The van der Waals surface area contributed by atoms with E-state index in [0.717, 1.165) is 18.2 Å². The number of halogens is 3. The number of carbonyl (C=O) groups excluding carboxylic acids is 2. The molecule has 0 heterocycles. The van der Waals surface area contributed by atoms with Crippen LogP contribution >= 0.6 is 15.9 Å². The Morgan fingerprint density at radius 2 is 1.81 bits per heavy atom. The molecule has 0 radical (unpaired) electrons. The van der Waals surface area contributed by atoms with Crippen molar-refractivity contribution in [2.24, 2.45) is 5.73 Å². The van der Waals surface area contributed by atoms with Crippen molar-refractivity contribution in [3.63, 3.8) is 0 Å². The van der Waals surface area contributed by atoms with Gasteiger partial charge in [-0.05, 0) is 46.3 Å². The smallest absolute Gasteiger partial charge is 0.259 e. The SMILES string of the molecule is NC(=O)c1cc(NC(=O)c2c(F)cccc2Br)ccc1F. The Morgan fingerprint density at radius 1 is 1.10 bits per heavy atom. The summed E-state index contributed by atoms with van der Waals surface area (Å²) in [5.74, 6) is -3.20. The Bertz CT molecular complexity index is 715. The Balaban J connectivity index is 2.32. The van der Waals surface area contributed by atoms with Gasteiger partial charge < -0.3 is 11.1 Å². The second-order valence-corrected chi connectivity index (χ2v) is 4.96. The molecule has 3 N–H and O–H groups in total. The molecule has 0 aliphatic rings. The van der Waals surface area contributed by atoms with E-state index in [0.29, 0.717) is 0 Å². The third-order valence-electron chi connectivity index (χ3n) is 2.68. The molecule has 0 unspecified atom stereocenters. The average molecular weight is 355 g/mol. The van der Waals surface area contributed by atoms with Crippen molar-refractivity contribution < 1.29 is 18.4 Å². The van der Waals surface area contributed by atoms with Gasteiger partial charge in [-0.2, -0.15) is 0 Å². The van der Waals surface area contributed by atoms with Crippen molar-refractivity contribution >= 4 is 33.4 Å². The molecule has 0 aliphatic carbocycles. The molecule has 0 saturated heterocycles. The van der Waals surface area contributed by atoms with Crippen molar-refractivity contribution in [3.05, 3.63) is 63.6 Å². The van der Waals surface area contributed by atoms with Crippen LogP contribution in [0.3, 0.4) is 0 Å². The third kappa shape index (κ3) is 3.25. The summed E-state index contributed by atoms with van der Waals surface area (Å²) in [5.41, 5.74) is 4.59. The van der Waals surface area contributed by atoms with Gasteiger partial charge in [0, 0.05) is 10.2 Å². The molecule has 2 aromatic rings. The van der Waals surface area contributed by atoms with Crippen LogP contribution in [0.15, 0.2) is 40.9 Å². The first-order valence-electron chi connectivity index (χ1n) is 5.75. The molecule has 0 spiro atoms. The molecule has 0 saturated carbocycles. The number of nitrogens with one attached hydrogen (secondary N) is 1. The van der Waals surface area contributed by atoms with Crippen LogP contribution in [0.4, 0.5) is 14.5 Å². The predicted molar refractivity (Wildman–Crippen MR) is 77.0 cm³/mol. The molecule has 2 amide bonds. The monoisotopic (exact) mass is 354 g/mol. The predicted octanol–water partition coefficient (Wildman–Crippen LogP) is 3.08. The molecular weight excluding hydrogens is 346 g/mol. The van der Waals surface area contributed by atoms with Gasteiger partial charge in [-0.25, -0.2) is 8.78 Å². The van der Waals surface area contributed by atoms with Crippen LogP contribution in [-0.2, 0) is 0 Å². The highest BCUT2D eigenvalue weighted by Gasteiger charge is 2.16. The van der Waals surface area contributed by atoms with Gasteiger partial charge in [0.25, 0.3) is 11.8 Å². The Kier molecular flexibility index (Phi) is 4.32. The molecule has 2 aromatic carbocycles. The fourth-order valence-electron chi connectivity index (χ4n) is 1.70. The van der Waals surface area contributed by atoms with Gasteiger partial charge in [-0.15, -0.1) is 0 Å². The molecule has 7 heteroatoms. The van der Waals surface area contributed by atoms with Crippen LogP contribution < -0.4 is 11.1 Å². The van der Waals surface area contributed by atoms with Gasteiger partial charge in [0.2, 0.25) is 0 Å². The Hall–Kier alpha value is -2.28.